The molecule has 9 heteroatoms. The van der Waals surface area contributed by atoms with E-state index >= 15 is 0 Å². The first-order valence-electron chi connectivity index (χ1n) is 6.98. The SMILES string of the molecule is C=C[C@@H](OCOC)[C@H](OCOC)[C@H](/C=C/C(=O)OC)NC(=O)OC. The molecular formula is C15H25NO8. The van der Waals surface area contributed by atoms with Gasteiger partial charge in [-0.05, 0) is 0 Å². The number of methoxy groups -OCH3 is 4. The maximum atomic E-state index is 11.6. The van der Waals surface area contributed by atoms with Gasteiger partial charge in [0.25, 0.3) is 0 Å². The number of rotatable bonds is 12. The number of nitrogens with one attached hydrogen (secondary N) is 1. The topological polar surface area (TPSA) is 102 Å². The molecule has 0 unspecified atom stereocenters. The molecule has 0 spiro atoms. The molecule has 0 radical (unpaired) electrons. The number of carbonyl (C=O) groups excluding carboxylic acids is 2. The third kappa shape index (κ3) is 8.63. The van der Waals surface area contributed by atoms with Crippen molar-refractivity contribution < 1.29 is 38.0 Å². The molecule has 0 aromatic carbocycles. The highest BCUT2D eigenvalue weighted by atomic mass is 16.7. The Bertz CT molecular complexity index is 412. The van der Waals surface area contributed by atoms with E-state index in [-0.39, 0.29) is 13.6 Å². The van der Waals surface area contributed by atoms with Gasteiger partial charge in [-0.1, -0.05) is 12.2 Å². The van der Waals surface area contributed by atoms with Gasteiger partial charge in [-0.3, -0.25) is 0 Å². The lowest BCUT2D eigenvalue weighted by Gasteiger charge is -2.30. The average Bonchev–Trinajstić information content (AvgIpc) is 2.60. The third-order valence-corrected chi connectivity index (χ3v) is 2.78. The summed E-state index contributed by atoms with van der Waals surface area (Å²) >= 11 is 0. The van der Waals surface area contributed by atoms with Crippen LogP contribution in [0.3, 0.4) is 0 Å². The van der Waals surface area contributed by atoms with Crippen LogP contribution in [-0.4, -0.2) is 72.3 Å². The van der Waals surface area contributed by atoms with Crippen LogP contribution in [0.25, 0.3) is 0 Å². The molecule has 3 atom stereocenters. The van der Waals surface area contributed by atoms with E-state index in [4.69, 9.17) is 18.9 Å². The van der Waals surface area contributed by atoms with Crippen molar-refractivity contribution in [1.82, 2.24) is 5.32 Å². The molecule has 0 rings (SSSR count). The van der Waals surface area contributed by atoms with Crippen molar-refractivity contribution in [3.05, 3.63) is 24.8 Å². The maximum absolute atomic E-state index is 11.6. The van der Waals surface area contributed by atoms with Gasteiger partial charge in [0.05, 0.1) is 20.3 Å². The fraction of sp³-hybridized carbons (Fsp3) is 0.600. The van der Waals surface area contributed by atoms with Gasteiger partial charge in [0, 0.05) is 20.3 Å². The number of carbonyl (C=O) groups is 2. The van der Waals surface area contributed by atoms with Crippen LogP contribution in [-0.2, 0) is 33.2 Å². The van der Waals surface area contributed by atoms with Crippen LogP contribution in [0.1, 0.15) is 0 Å². The summed E-state index contributed by atoms with van der Waals surface area (Å²) in [5.74, 6) is -0.592. The van der Waals surface area contributed by atoms with E-state index in [9.17, 15) is 9.59 Å². The van der Waals surface area contributed by atoms with Gasteiger partial charge in [-0.15, -0.1) is 6.58 Å². The van der Waals surface area contributed by atoms with Crippen LogP contribution < -0.4 is 5.32 Å². The highest BCUT2D eigenvalue weighted by Gasteiger charge is 2.30. The Balaban J connectivity index is 5.40. The molecule has 0 aromatic heterocycles. The van der Waals surface area contributed by atoms with E-state index in [2.05, 4.69) is 21.4 Å². The Kier molecular flexibility index (Phi) is 12.4. The molecule has 0 saturated carbocycles. The summed E-state index contributed by atoms with van der Waals surface area (Å²) in [5.41, 5.74) is 0. The minimum atomic E-state index is -0.786. The van der Waals surface area contributed by atoms with Crippen LogP contribution in [0.2, 0.25) is 0 Å². The molecule has 1 N–H and O–H groups in total. The smallest absolute Gasteiger partial charge is 0.407 e. The highest BCUT2D eigenvalue weighted by molar-refractivity contribution is 5.82. The van der Waals surface area contributed by atoms with Gasteiger partial charge in [-0.2, -0.15) is 0 Å². The van der Waals surface area contributed by atoms with E-state index in [0.29, 0.717) is 0 Å². The minimum Gasteiger partial charge on any atom is -0.466 e. The Morgan fingerprint density at radius 2 is 1.67 bits per heavy atom. The van der Waals surface area contributed by atoms with E-state index in [1.165, 1.54) is 40.6 Å². The Morgan fingerprint density at radius 1 is 1.04 bits per heavy atom. The van der Waals surface area contributed by atoms with Crippen molar-refractivity contribution in [1.29, 1.82) is 0 Å². The lowest BCUT2D eigenvalue weighted by molar-refractivity contribution is -0.147. The van der Waals surface area contributed by atoms with Gasteiger partial charge in [0.2, 0.25) is 0 Å². The first-order chi connectivity index (χ1) is 11.5. The van der Waals surface area contributed by atoms with Crippen LogP contribution in [0.15, 0.2) is 24.8 Å². The lowest BCUT2D eigenvalue weighted by atomic mass is 10.0. The summed E-state index contributed by atoms with van der Waals surface area (Å²) in [6, 6.07) is -0.786. The first kappa shape index (κ1) is 22.1. The monoisotopic (exact) mass is 347 g/mol. The van der Waals surface area contributed by atoms with Crippen molar-refractivity contribution in [3.63, 3.8) is 0 Å². The first-order valence-corrected chi connectivity index (χ1v) is 6.98. The normalized spacial score (nSPS) is 14.7. The zero-order chi connectivity index (χ0) is 18.4. The summed E-state index contributed by atoms with van der Waals surface area (Å²) in [6.45, 7) is 3.58. The van der Waals surface area contributed by atoms with Crippen LogP contribution in [0.5, 0.6) is 0 Å². The van der Waals surface area contributed by atoms with Gasteiger partial charge < -0.3 is 33.7 Å². The van der Waals surface area contributed by atoms with Gasteiger partial charge in [-0.25, -0.2) is 9.59 Å². The second-order valence-corrected chi connectivity index (χ2v) is 4.36. The van der Waals surface area contributed by atoms with E-state index in [0.717, 1.165) is 6.08 Å². The fourth-order valence-electron chi connectivity index (χ4n) is 1.68. The van der Waals surface area contributed by atoms with Crippen LogP contribution >= 0.6 is 0 Å². The van der Waals surface area contributed by atoms with E-state index in [1.807, 2.05) is 0 Å². The quantitative estimate of drug-likeness (QED) is 0.237. The summed E-state index contributed by atoms with van der Waals surface area (Å²) in [5, 5.41) is 2.54. The molecule has 0 aliphatic heterocycles. The van der Waals surface area contributed by atoms with Gasteiger partial charge >= 0.3 is 12.1 Å². The van der Waals surface area contributed by atoms with E-state index in [1.54, 1.807) is 0 Å². The molecule has 9 nitrogen and oxygen atoms in total. The molecule has 0 aliphatic carbocycles. The zero-order valence-corrected chi connectivity index (χ0v) is 14.4. The molecule has 24 heavy (non-hydrogen) atoms. The second kappa shape index (κ2) is 13.5. The highest BCUT2D eigenvalue weighted by Crippen LogP contribution is 2.13. The Labute approximate surface area is 141 Å². The van der Waals surface area contributed by atoms with Gasteiger partial charge in [0.15, 0.2) is 0 Å². The van der Waals surface area contributed by atoms with Crippen molar-refractivity contribution in [3.8, 4) is 0 Å². The maximum Gasteiger partial charge on any atom is 0.407 e. The number of hydrogen-bond acceptors (Lipinski definition) is 8. The van der Waals surface area contributed by atoms with Crippen molar-refractivity contribution >= 4 is 12.1 Å². The van der Waals surface area contributed by atoms with Crippen molar-refractivity contribution in [2.24, 2.45) is 0 Å². The molecule has 0 heterocycles. The van der Waals surface area contributed by atoms with Crippen molar-refractivity contribution in [2.45, 2.75) is 18.2 Å². The largest absolute Gasteiger partial charge is 0.466 e. The number of amides is 1. The molecule has 0 saturated heterocycles. The minimum absolute atomic E-state index is 0.0187. The molecular weight excluding hydrogens is 322 g/mol. The number of ether oxygens (including phenoxy) is 6. The molecule has 0 aromatic rings. The molecule has 0 bridgehead atoms. The molecule has 0 fully saturated rings. The van der Waals surface area contributed by atoms with E-state index < -0.39 is 30.3 Å². The standard InChI is InChI=1S/C15H25NO8/c1-6-12(23-9-19-2)14(24-10-20-3)11(16-15(18)22-5)7-8-13(17)21-4/h6-8,11-12,14H,1,9-10H2,2-5H3,(H,16,18)/b8-7+/t11-,12+,14+/m0/s1. The van der Waals surface area contributed by atoms with Crippen LogP contribution in [0.4, 0.5) is 4.79 Å². The summed E-state index contributed by atoms with van der Waals surface area (Å²) in [4.78, 5) is 22.9. The number of esters is 1. The Hall–Kier alpha value is -1.94. The predicted octanol–water partition coefficient (Wildman–Crippen LogP) is 0.604. The van der Waals surface area contributed by atoms with Crippen LogP contribution in [0, 0.1) is 0 Å². The molecule has 138 valence electrons. The molecule has 0 aliphatic rings. The fourth-order valence-corrected chi connectivity index (χ4v) is 1.68. The lowest BCUT2D eigenvalue weighted by Crippen LogP contribution is -2.49. The number of alkyl carbamates (subject to hydrolysis) is 1. The Morgan fingerprint density at radius 3 is 2.17 bits per heavy atom. The predicted molar refractivity (Wildman–Crippen MR) is 84.2 cm³/mol. The number of hydrogen-bond donors (Lipinski definition) is 1. The summed E-state index contributed by atoms with van der Waals surface area (Å²) < 4.78 is 29.9. The summed E-state index contributed by atoms with van der Waals surface area (Å²) in [7, 11) is 5.37. The average molecular weight is 347 g/mol. The van der Waals surface area contributed by atoms with Gasteiger partial charge in [0.1, 0.15) is 25.8 Å². The third-order valence-electron chi connectivity index (χ3n) is 2.78. The molecule has 1 amide bonds. The van der Waals surface area contributed by atoms with Crippen molar-refractivity contribution in [2.75, 3.05) is 42.0 Å². The second-order valence-electron chi connectivity index (χ2n) is 4.36. The zero-order valence-electron chi connectivity index (χ0n) is 14.4. The summed E-state index contributed by atoms with van der Waals surface area (Å²) in [6.07, 6.45) is 1.89.